The molecule has 0 bridgehead atoms. The van der Waals surface area contributed by atoms with Crippen LogP contribution in [0.25, 0.3) is 10.9 Å². The summed E-state index contributed by atoms with van der Waals surface area (Å²) >= 11 is 10.6. The first-order valence-electron chi connectivity index (χ1n) is 6.87. The number of methoxy groups -OCH3 is 1. The van der Waals surface area contributed by atoms with Crippen molar-refractivity contribution in [2.75, 3.05) is 13.7 Å². The Hall–Kier alpha value is -1.85. The van der Waals surface area contributed by atoms with Crippen LogP contribution in [0.1, 0.15) is 19.4 Å². The number of amides is 1. The average molecular weight is 357 g/mol. The first kappa shape index (κ1) is 19.2. The molecule has 0 saturated carbocycles. The zero-order chi connectivity index (χ0) is 17.4. The van der Waals surface area contributed by atoms with Gasteiger partial charge in [0.15, 0.2) is 0 Å². The number of halogens is 2. The molecule has 0 atom stereocenters. The maximum Gasteiger partial charge on any atom is 0.218 e. The number of carbonyl (C=O) groups excluding carboxylic acids is 2. The topological polar surface area (TPSA) is 68.3 Å². The summed E-state index contributed by atoms with van der Waals surface area (Å²) < 4.78 is 5.22. The average Bonchev–Trinajstić information content (AvgIpc) is 2.45. The van der Waals surface area contributed by atoms with Gasteiger partial charge in [0.2, 0.25) is 11.1 Å². The van der Waals surface area contributed by atoms with Crippen LogP contribution in [0.15, 0.2) is 24.3 Å². The molecule has 1 heterocycles. The first-order chi connectivity index (χ1) is 10.8. The molecular weight excluding hydrogens is 339 g/mol. The van der Waals surface area contributed by atoms with Crippen molar-refractivity contribution in [2.45, 2.75) is 20.3 Å². The van der Waals surface area contributed by atoms with Gasteiger partial charge in [0, 0.05) is 25.8 Å². The van der Waals surface area contributed by atoms with Crippen LogP contribution in [-0.4, -0.2) is 29.8 Å². The van der Waals surface area contributed by atoms with E-state index in [0.29, 0.717) is 18.1 Å². The van der Waals surface area contributed by atoms with Gasteiger partial charge >= 0.3 is 0 Å². The minimum atomic E-state index is -0.361. The number of nitrogens with one attached hydrogen (secondary N) is 1. The second-order valence-electron chi connectivity index (χ2n) is 4.69. The van der Waals surface area contributed by atoms with E-state index in [4.69, 9.17) is 16.3 Å². The second-order valence-corrected chi connectivity index (χ2v) is 5.61. The SMILES string of the molecule is CC(=O)Cl.COc1ccc2nc(Cl)cc(CCNC(C)=O)c2c1. The summed E-state index contributed by atoms with van der Waals surface area (Å²) in [5.74, 6) is 0.736. The smallest absolute Gasteiger partial charge is 0.218 e. The van der Waals surface area contributed by atoms with E-state index in [1.165, 1.54) is 13.8 Å². The maximum absolute atomic E-state index is 10.9. The van der Waals surface area contributed by atoms with Gasteiger partial charge in [-0.1, -0.05) is 11.6 Å². The van der Waals surface area contributed by atoms with Gasteiger partial charge in [-0.15, -0.1) is 0 Å². The zero-order valence-corrected chi connectivity index (χ0v) is 14.7. The van der Waals surface area contributed by atoms with E-state index >= 15 is 0 Å². The third-order valence-electron chi connectivity index (χ3n) is 2.84. The summed E-state index contributed by atoms with van der Waals surface area (Å²) in [4.78, 5) is 24.4. The van der Waals surface area contributed by atoms with Crippen molar-refractivity contribution in [2.24, 2.45) is 0 Å². The lowest BCUT2D eigenvalue weighted by molar-refractivity contribution is -0.119. The number of hydrogen-bond donors (Lipinski definition) is 1. The summed E-state index contributed by atoms with van der Waals surface area (Å²) in [5.41, 5.74) is 1.87. The molecule has 0 radical (unpaired) electrons. The number of nitrogens with zero attached hydrogens (tertiary/aromatic N) is 1. The van der Waals surface area contributed by atoms with Crippen molar-refractivity contribution in [1.82, 2.24) is 10.3 Å². The highest BCUT2D eigenvalue weighted by molar-refractivity contribution is 6.62. The Morgan fingerprint density at radius 2 is 1.91 bits per heavy atom. The standard InChI is InChI=1S/C14H15ClN2O2.C2H3ClO/c1-9(18)16-6-5-10-7-14(15)17-13-4-3-11(19-2)8-12(10)13;1-2(3)4/h3-4,7-8H,5-6H2,1-2H3,(H,16,18);1H3. The van der Waals surface area contributed by atoms with Crippen LogP contribution < -0.4 is 10.1 Å². The van der Waals surface area contributed by atoms with Crippen LogP contribution in [0.3, 0.4) is 0 Å². The molecule has 7 heteroatoms. The number of ether oxygens (including phenoxy) is 1. The Labute approximate surface area is 144 Å². The molecule has 2 aromatic rings. The van der Waals surface area contributed by atoms with E-state index in [9.17, 15) is 9.59 Å². The molecule has 5 nitrogen and oxygen atoms in total. The normalized spacial score (nSPS) is 9.78. The third-order valence-corrected chi connectivity index (χ3v) is 3.03. The van der Waals surface area contributed by atoms with Crippen LogP contribution in [0.2, 0.25) is 5.15 Å². The molecule has 0 unspecified atom stereocenters. The monoisotopic (exact) mass is 356 g/mol. The van der Waals surface area contributed by atoms with E-state index < -0.39 is 0 Å². The van der Waals surface area contributed by atoms with Crippen LogP contribution >= 0.6 is 23.2 Å². The maximum atomic E-state index is 10.9. The molecule has 0 spiro atoms. The summed E-state index contributed by atoms with van der Waals surface area (Å²) in [5, 5.41) is 3.86. The molecular formula is C16H18Cl2N2O3. The fourth-order valence-electron chi connectivity index (χ4n) is 1.95. The largest absolute Gasteiger partial charge is 0.497 e. The van der Waals surface area contributed by atoms with E-state index in [2.05, 4.69) is 21.9 Å². The summed E-state index contributed by atoms with van der Waals surface area (Å²) in [7, 11) is 1.63. The highest BCUT2D eigenvalue weighted by atomic mass is 35.5. The Morgan fingerprint density at radius 3 is 2.48 bits per heavy atom. The highest BCUT2D eigenvalue weighted by Crippen LogP contribution is 2.25. The van der Waals surface area contributed by atoms with E-state index in [0.717, 1.165) is 22.2 Å². The summed E-state index contributed by atoms with van der Waals surface area (Å²) in [6.45, 7) is 3.37. The molecule has 1 aromatic heterocycles. The molecule has 1 N–H and O–H groups in total. The summed E-state index contributed by atoms with van der Waals surface area (Å²) in [6.07, 6.45) is 0.700. The van der Waals surface area contributed by atoms with Crippen molar-refractivity contribution >= 4 is 45.3 Å². The molecule has 0 fully saturated rings. The lowest BCUT2D eigenvalue weighted by Crippen LogP contribution is -2.22. The van der Waals surface area contributed by atoms with Crippen molar-refractivity contribution in [3.8, 4) is 5.75 Å². The molecule has 0 saturated heterocycles. The molecule has 1 amide bonds. The van der Waals surface area contributed by atoms with Gasteiger partial charge in [-0.2, -0.15) is 0 Å². The van der Waals surface area contributed by atoms with Gasteiger partial charge in [0.25, 0.3) is 0 Å². The Bertz CT molecular complexity index is 701. The molecule has 2 rings (SSSR count). The van der Waals surface area contributed by atoms with Gasteiger partial charge in [-0.05, 0) is 47.9 Å². The van der Waals surface area contributed by atoms with Gasteiger partial charge in [-0.3, -0.25) is 9.59 Å². The number of carbonyl (C=O) groups is 2. The number of fused-ring (bicyclic) bond motifs is 1. The molecule has 0 aliphatic rings. The molecule has 23 heavy (non-hydrogen) atoms. The third kappa shape index (κ3) is 6.84. The molecule has 0 aliphatic carbocycles. The Morgan fingerprint density at radius 1 is 1.26 bits per heavy atom. The number of aromatic nitrogens is 1. The Kier molecular flexibility index (Phi) is 7.78. The van der Waals surface area contributed by atoms with Crippen molar-refractivity contribution in [3.63, 3.8) is 0 Å². The predicted molar refractivity (Wildman–Crippen MR) is 92.2 cm³/mol. The van der Waals surface area contributed by atoms with Crippen LogP contribution in [0, 0.1) is 0 Å². The lowest BCUT2D eigenvalue weighted by Gasteiger charge is -2.09. The van der Waals surface area contributed by atoms with Gasteiger partial charge in [0.1, 0.15) is 10.9 Å². The van der Waals surface area contributed by atoms with Gasteiger partial charge in [0.05, 0.1) is 12.6 Å². The number of pyridine rings is 1. The van der Waals surface area contributed by atoms with Crippen molar-refractivity contribution in [3.05, 3.63) is 35.0 Å². The second kappa shape index (κ2) is 9.33. The number of rotatable bonds is 4. The molecule has 124 valence electrons. The highest BCUT2D eigenvalue weighted by Gasteiger charge is 2.06. The predicted octanol–water partition coefficient (Wildman–Crippen LogP) is 3.35. The zero-order valence-electron chi connectivity index (χ0n) is 13.2. The van der Waals surface area contributed by atoms with Crippen LogP contribution in [-0.2, 0) is 16.0 Å². The van der Waals surface area contributed by atoms with E-state index in [1.54, 1.807) is 7.11 Å². The number of benzene rings is 1. The van der Waals surface area contributed by atoms with E-state index in [-0.39, 0.29) is 11.1 Å². The fraction of sp³-hybridized carbons (Fsp3) is 0.312. The van der Waals surface area contributed by atoms with Crippen LogP contribution in [0.5, 0.6) is 5.75 Å². The Balaban J connectivity index is 0.000000593. The van der Waals surface area contributed by atoms with Crippen LogP contribution in [0.4, 0.5) is 0 Å². The van der Waals surface area contributed by atoms with Gasteiger partial charge < -0.3 is 10.1 Å². The molecule has 1 aromatic carbocycles. The number of hydrogen-bond acceptors (Lipinski definition) is 4. The van der Waals surface area contributed by atoms with E-state index in [1.807, 2.05) is 24.3 Å². The van der Waals surface area contributed by atoms with Crippen molar-refractivity contribution < 1.29 is 14.3 Å². The fourth-order valence-corrected chi connectivity index (χ4v) is 2.17. The quantitative estimate of drug-likeness (QED) is 0.673. The van der Waals surface area contributed by atoms with Crippen molar-refractivity contribution in [1.29, 1.82) is 0 Å². The first-order valence-corrected chi connectivity index (χ1v) is 7.62. The van der Waals surface area contributed by atoms with Gasteiger partial charge in [-0.25, -0.2) is 4.98 Å². The lowest BCUT2D eigenvalue weighted by atomic mass is 10.1. The molecule has 0 aliphatic heterocycles. The minimum Gasteiger partial charge on any atom is -0.497 e. The summed E-state index contributed by atoms with van der Waals surface area (Å²) in [6, 6.07) is 7.48. The minimum absolute atomic E-state index is 0.0398.